The van der Waals surface area contributed by atoms with E-state index in [-0.39, 0.29) is 40.3 Å². The van der Waals surface area contributed by atoms with Gasteiger partial charge >= 0.3 is 16.1 Å². The largest absolute Gasteiger partial charge is 0.511 e. The van der Waals surface area contributed by atoms with Crippen LogP contribution in [-0.2, 0) is 37.2 Å². The predicted molar refractivity (Wildman–Crippen MR) is 175 cm³/mol. The van der Waals surface area contributed by atoms with Crippen LogP contribution in [0, 0.1) is 24.2 Å². The fraction of sp³-hybridized carbons (Fsp3) is 0.371. The van der Waals surface area contributed by atoms with E-state index in [0.29, 0.717) is 34.4 Å². The molecule has 0 bridgehead atoms. The number of hydrogen-bond donors (Lipinski definition) is 2. The molecule has 0 saturated heterocycles. The van der Waals surface area contributed by atoms with Crippen LogP contribution in [0.5, 0.6) is 11.5 Å². The Bertz CT molecular complexity index is 1750. The molecular formula is C35H39NO7S2. The first-order chi connectivity index (χ1) is 21.0. The summed E-state index contributed by atoms with van der Waals surface area (Å²) in [7, 11) is -4.02. The summed E-state index contributed by atoms with van der Waals surface area (Å²) in [6, 6.07) is 18.6. The van der Waals surface area contributed by atoms with Crippen LogP contribution in [0.4, 0.5) is 0 Å². The van der Waals surface area contributed by atoms with Gasteiger partial charge in [0.2, 0.25) is 0 Å². The summed E-state index contributed by atoms with van der Waals surface area (Å²) >= 11 is 1.11. The summed E-state index contributed by atoms with van der Waals surface area (Å²) in [6.45, 7) is 11.6. The molecule has 0 aliphatic carbocycles. The first-order valence-electron chi connectivity index (χ1n) is 14.7. The number of nitrogens with zero attached hydrogens (tertiary/aromatic N) is 1. The highest BCUT2D eigenvalue weighted by atomic mass is 32.2. The lowest BCUT2D eigenvalue weighted by molar-refractivity contribution is -0.164. The minimum Gasteiger partial charge on any atom is -0.511 e. The van der Waals surface area contributed by atoms with Crippen molar-refractivity contribution in [3.05, 3.63) is 99.1 Å². The third-order valence-electron chi connectivity index (χ3n) is 7.98. The highest BCUT2D eigenvalue weighted by Crippen LogP contribution is 2.46. The molecule has 0 aromatic heterocycles. The second-order valence-corrected chi connectivity index (χ2v) is 15.4. The molecule has 1 atom stereocenters. The molecule has 1 heterocycles. The van der Waals surface area contributed by atoms with Crippen molar-refractivity contribution in [2.24, 2.45) is 5.92 Å². The van der Waals surface area contributed by atoms with Gasteiger partial charge in [-0.3, -0.25) is 0 Å². The molecule has 10 heteroatoms. The van der Waals surface area contributed by atoms with E-state index < -0.39 is 27.1 Å². The Morgan fingerprint density at radius 1 is 1.04 bits per heavy atom. The van der Waals surface area contributed by atoms with Crippen molar-refractivity contribution in [3.63, 3.8) is 0 Å². The van der Waals surface area contributed by atoms with Crippen molar-refractivity contribution >= 4 is 27.8 Å². The Morgan fingerprint density at radius 3 is 2.22 bits per heavy atom. The quantitative estimate of drug-likeness (QED) is 0.168. The van der Waals surface area contributed by atoms with E-state index in [1.165, 1.54) is 0 Å². The van der Waals surface area contributed by atoms with Crippen molar-refractivity contribution in [3.8, 4) is 17.6 Å². The highest BCUT2D eigenvalue weighted by molar-refractivity contribution is 8.04. The van der Waals surface area contributed by atoms with E-state index >= 15 is 0 Å². The Kier molecular flexibility index (Phi) is 9.95. The van der Waals surface area contributed by atoms with Gasteiger partial charge in [-0.05, 0) is 89.8 Å². The number of benzene rings is 3. The molecule has 1 unspecified atom stereocenters. The average Bonchev–Trinajstić information content (AvgIpc) is 2.95. The number of nitriles is 1. The zero-order valence-corrected chi connectivity index (χ0v) is 28.0. The molecule has 0 radical (unpaired) electrons. The van der Waals surface area contributed by atoms with Crippen LogP contribution in [0.1, 0.15) is 75.3 Å². The first kappa shape index (κ1) is 33.9. The number of aromatic hydroxyl groups is 1. The lowest BCUT2D eigenvalue weighted by atomic mass is 9.80. The number of esters is 1. The number of carbonyl (C=O) groups excluding carboxylic acids is 1. The number of cyclic esters (lactones) is 1. The third kappa shape index (κ3) is 8.21. The number of phenols is 1. The number of thioether (sulfide) groups is 1. The number of phenolic OH excluding ortho intramolecular Hbond substituents is 1. The minimum atomic E-state index is -4.02. The van der Waals surface area contributed by atoms with Crippen LogP contribution in [0.15, 0.2) is 76.2 Å². The molecule has 0 spiro atoms. The van der Waals surface area contributed by atoms with Gasteiger partial charge < -0.3 is 19.1 Å². The van der Waals surface area contributed by atoms with Gasteiger partial charge in [0.1, 0.15) is 33.5 Å². The smallest absolute Gasteiger partial charge is 0.349 e. The lowest BCUT2D eigenvalue weighted by Crippen LogP contribution is -2.44. The maximum absolute atomic E-state index is 13.5. The topological polar surface area (TPSA) is 134 Å². The molecule has 8 nitrogen and oxygen atoms in total. The SMILES string of the molecule is Cc1cc(SC2=C(O)CC(CCc3ccc(O)cc3)(C(C)C)OC2=O)c(C(C)(C)C)cc1OS(=O)(=O)Cc1ccc(C#N)cc1. The molecule has 4 rings (SSSR count). The van der Waals surface area contributed by atoms with Crippen LogP contribution >= 0.6 is 11.8 Å². The average molecular weight is 650 g/mol. The number of aliphatic hydroxyl groups is 1. The van der Waals surface area contributed by atoms with Crippen molar-refractivity contribution in [1.29, 1.82) is 5.26 Å². The van der Waals surface area contributed by atoms with Gasteiger partial charge in [-0.1, -0.05) is 70.6 Å². The van der Waals surface area contributed by atoms with Gasteiger partial charge in [-0.25, -0.2) is 4.79 Å². The summed E-state index contributed by atoms with van der Waals surface area (Å²) in [4.78, 5) is 14.3. The summed E-state index contributed by atoms with van der Waals surface area (Å²) in [6.07, 6.45) is 1.26. The predicted octanol–water partition coefficient (Wildman–Crippen LogP) is 7.61. The zero-order chi connectivity index (χ0) is 33.2. The summed E-state index contributed by atoms with van der Waals surface area (Å²) < 4.78 is 37.7. The number of carbonyl (C=O) groups is 1. The van der Waals surface area contributed by atoms with Gasteiger partial charge in [0.25, 0.3) is 0 Å². The summed E-state index contributed by atoms with van der Waals surface area (Å²) in [5.41, 5.74) is 1.83. The van der Waals surface area contributed by atoms with Crippen LogP contribution in [0.2, 0.25) is 0 Å². The maximum Gasteiger partial charge on any atom is 0.349 e. The number of rotatable bonds is 10. The lowest BCUT2D eigenvalue weighted by Gasteiger charge is -2.40. The van der Waals surface area contributed by atoms with E-state index in [1.54, 1.807) is 55.5 Å². The molecule has 2 N–H and O–H groups in total. The standard InChI is InChI=1S/C35H39NO7S2/c1-22(2)35(16-15-24-11-13-27(37)14-12-24)19-29(38)32(33(39)42-35)44-31-17-23(3)30(18-28(31)34(4,5)6)43-45(40,41)21-26-9-7-25(20-36)8-10-26/h7-14,17-18,22,37-38H,15-16,19,21H2,1-6H3. The molecule has 238 valence electrons. The Morgan fingerprint density at radius 2 is 1.67 bits per heavy atom. The molecule has 45 heavy (non-hydrogen) atoms. The second-order valence-electron chi connectivity index (χ2n) is 12.8. The van der Waals surface area contributed by atoms with Crippen molar-refractivity contribution < 1.29 is 32.3 Å². The summed E-state index contributed by atoms with van der Waals surface area (Å²) in [5, 5.41) is 29.9. The Balaban J connectivity index is 1.60. The molecule has 1 aliphatic heterocycles. The number of aliphatic hydroxyl groups excluding tert-OH is 1. The maximum atomic E-state index is 13.5. The number of hydrogen-bond acceptors (Lipinski definition) is 9. The van der Waals surface area contributed by atoms with Crippen LogP contribution in [-0.4, -0.2) is 30.2 Å². The molecule has 3 aromatic carbocycles. The monoisotopic (exact) mass is 649 g/mol. The third-order valence-corrected chi connectivity index (χ3v) is 10.3. The van der Waals surface area contributed by atoms with Crippen molar-refractivity contribution in [1.82, 2.24) is 0 Å². The van der Waals surface area contributed by atoms with Crippen LogP contribution in [0.3, 0.4) is 0 Å². The van der Waals surface area contributed by atoms with Gasteiger partial charge in [0.15, 0.2) is 0 Å². The van der Waals surface area contributed by atoms with E-state index in [2.05, 4.69) is 0 Å². The molecule has 0 saturated carbocycles. The van der Waals surface area contributed by atoms with Crippen molar-refractivity contribution in [2.45, 2.75) is 82.5 Å². The van der Waals surface area contributed by atoms with E-state index in [4.69, 9.17) is 14.2 Å². The number of ether oxygens (including phenoxy) is 1. The Labute approximate surface area is 269 Å². The van der Waals surface area contributed by atoms with E-state index in [1.807, 2.05) is 52.8 Å². The molecule has 0 amide bonds. The van der Waals surface area contributed by atoms with Gasteiger partial charge in [-0.2, -0.15) is 13.7 Å². The fourth-order valence-corrected chi connectivity index (χ4v) is 7.55. The fourth-order valence-electron chi connectivity index (χ4n) is 5.20. The highest BCUT2D eigenvalue weighted by Gasteiger charge is 2.44. The zero-order valence-electron chi connectivity index (χ0n) is 26.4. The van der Waals surface area contributed by atoms with Gasteiger partial charge in [0, 0.05) is 11.3 Å². The molecule has 0 fully saturated rings. The summed E-state index contributed by atoms with van der Waals surface area (Å²) in [5.74, 6) is -0.726. The van der Waals surface area contributed by atoms with Crippen LogP contribution in [0.25, 0.3) is 0 Å². The van der Waals surface area contributed by atoms with Gasteiger partial charge in [-0.15, -0.1) is 0 Å². The minimum absolute atomic E-state index is 0.0431. The van der Waals surface area contributed by atoms with Crippen molar-refractivity contribution in [2.75, 3.05) is 0 Å². The molecule has 3 aromatic rings. The molecular weight excluding hydrogens is 611 g/mol. The van der Waals surface area contributed by atoms with E-state index in [0.717, 1.165) is 22.9 Å². The van der Waals surface area contributed by atoms with Gasteiger partial charge in [0.05, 0.1) is 11.6 Å². The normalized spacial score (nSPS) is 17.2. The van der Waals surface area contributed by atoms with E-state index in [9.17, 15) is 23.4 Å². The Hall–Kier alpha value is -3.94. The second kappa shape index (κ2) is 13.2. The number of aryl methyl sites for hydroxylation is 2. The first-order valence-corrected chi connectivity index (χ1v) is 17.1. The molecule has 1 aliphatic rings. The van der Waals surface area contributed by atoms with Crippen LogP contribution < -0.4 is 4.18 Å².